The Morgan fingerprint density at radius 3 is 2.69 bits per heavy atom. The monoisotopic (exact) mass is 463 g/mol. The Balaban J connectivity index is 1.38. The minimum absolute atomic E-state index is 0.264. The van der Waals surface area contributed by atoms with Crippen LogP contribution in [0.5, 0.6) is 0 Å². The topological polar surface area (TPSA) is 83.3 Å². The van der Waals surface area contributed by atoms with Crippen molar-refractivity contribution < 1.29 is 14.3 Å². The molecule has 2 aromatic carbocycles. The van der Waals surface area contributed by atoms with Crippen LogP contribution < -0.4 is 4.90 Å². The number of carbonyl (C=O) groups is 2. The van der Waals surface area contributed by atoms with E-state index in [4.69, 9.17) is 4.74 Å². The second kappa shape index (κ2) is 7.59. The van der Waals surface area contributed by atoms with Crippen molar-refractivity contribution in [3.8, 4) is 6.07 Å². The summed E-state index contributed by atoms with van der Waals surface area (Å²) in [5.74, 6) is -1.65. The molecule has 4 heterocycles. The highest BCUT2D eigenvalue weighted by atomic mass is 16.5. The van der Waals surface area contributed by atoms with Gasteiger partial charge in [0.25, 0.3) is 0 Å². The largest absolute Gasteiger partial charge is 0.367 e. The summed E-state index contributed by atoms with van der Waals surface area (Å²) < 4.78 is 6.52. The van der Waals surface area contributed by atoms with Crippen molar-refractivity contribution in [3.63, 3.8) is 0 Å². The molecular weight excluding hydrogens is 438 g/mol. The van der Waals surface area contributed by atoms with Crippen molar-refractivity contribution >= 4 is 34.4 Å². The smallest absolute Gasteiger partial charge is 0.240 e. The quantitative estimate of drug-likeness (QED) is 0.512. The van der Waals surface area contributed by atoms with Crippen LogP contribution in [0.25, 0.3) is 16.8 Å². The number of nitriles is 1. The molecule has 2 bridgehead atoms. The van der Waals surface area contributed by atoms with E-state index in [1.165, 1.54) is 4.90 Å². The summed E-state index contributed by atoms with van der Waals surface area (Å²) in [7, 11) is 0. The number of benzene rings is 2. The minimum atomic E-state index is -0.731. The fraction of sp³-hybridized carbons (Fsp3) is 0.310. The standard InChI is InChI=1S/C29H25N3O3/c1-18-7-5-9-20(31-18)10-6-14-29-16-15-28(2,35-29)24-25(29)27(34)32(26(24)33)23-13-12-19-8-3-4-11-21(19)22(23)17-30/h3-13,24-25H,14-16H2,1-2H3/b10-6+/t24-,25+,28-,29+/m0/s1. The van der Waals surface area contributed by atoms with Gasteiger partial charge in [0, 0.05) is 11.1 Å². The fourth-order valence-corrected chi connectivity index (χ4v) is 6.39. The first-order valence-corrected chi connectivity index (χ1v) is 12.0. The van der Waals surface area contributed by atoms with Crippen LogP contribution in [0.3, 0.4) is 0 Å². The van der Waals surface area contributed by atoms with Crippen LogP contribution in [0.1, 0.15) is 43.1 Å². The first-order valence-electron chi connectivity index (χ1n) is 12.0. The molecule has 35 heavy (non-hydrogen) atoms. The maximum Gasteiger partial charge on any atom is 0.240 e. The Morgan fingerprint density at radius 1 is 1.09 bits per heavy atom. The van der Waals surface area contributed by atoms with Gasteiger partial charge in [-0.2, -0.15) is 5.26 Å². The average molecular weight is 464 g/mol. The molecule has 3 aromatic rings. The summed E-state index contributed by atoms with van der Waals surface area (Å²) in [6, 6.07) is 19.2. The third-order valence-electron chi connectivity index (χ3n) is 7.93. The molecular formula is C29H25N3O3. The van der Waals surface area contributed by atoms with Crippen LogP contribution in [-0.2, 0) is 14.3 Å². The van der Waals surface area contributed by atoms with Gasteiger partial charge < -0.3 is 4.74 Å². The van der Waals surface area contributed by atoms with Gasteiger partial charge in [0.05, 0.1) is 40.0 Å². The second-order valence-corrected chi connectivity index (χ2v) is 10.0. The Kier molecular flexibility index (Phi) is 4.71. The van der Waals surface area contributed by atoms with Gasteiger partial charge in [0.15, 0.2) is 0 Å². The zero-order chi connectivity index (χ0) is 24.4. The SMILES string of the molecule is Cc1cccc(/C=C/C[C@]23CC[C@](C)(O2)[C@@H]2C(=O)N(c4ccc5ccccc5c4C#N)C(=O)[C@@H]23)n1. The number of hydrogen-bond donors (Lipinski definition) is 0. The number of aryl methyl sites for hydroxylation is 1. The molecule has 3 aliphatic rings. The van der Waals surface area contributed by atoms with E-state index in [1.54, 1.807) is 6.07 Å². The average Bonchev–Trinajstić information content (AvgIpc) is 3.43. The van der Waals surface area contributed by atoms with E-state index < -0.39 is 23.0 Å². The molecule has 3 fully saturated rings. The molecule has 0 unspecified atom stereocenters. The van der Waals surface area contributed by atoms with E-state index in [0.29, 0.717) is 24.1 Å². The number of fused-ring (bicyclic) bond motifs is 6. The van der Waals surface area contributed by atoms with Crippen LogP contribution >= 0.6 is 0 Å². The van der Waals surface area contributed by atoms with Gasteiger partial charge >= 0.3 is 0 Å². The molecule has 4 atom stereocenters. The molecule has 6 nitrogen and oxygen atoms in total. The molecule has 0 radical (unpaired) electrons. The van der Waals surface area contributed by atoms with Crippen LogP contribution in [0.2, 0.25) is 0 Å². The summed E-state index contributed by atoms with van der Waals surface area (Å²) in [5, 5.41) is 11.6. The molecule has 6 rings (SSSR count). The number of hydrogen-bond acceptors (Lipinski definition) is 5. The molecule has 1 aromatic heterocycles. The molecule has 3 saturated heterocycles. The van der Waals surface area contributed by atoms with Crippen molar-refractivity contribution in [1.82, 2.24) is 4.98 Å². The van der Waals surface area contributed by atoms with E-state index in [9.17, 15) is 14.9 Å². The molecule has 6 heteroatoms. The Hall–Kier alpha value is -3.82. The first kappa shape index (κ1) is 21.7. The van der Waals surface area contributed by atoms with Crippen LogP contribution in [0, 0.1) is 30.1 Å². The minimum Gasteiger partial charge on any atom is -0.367 e. The lowest BCUT2D eigenvalue weighted by atomic mass is 9.67. The predicted molar refractivity (Wildman–Crippen MR) is 132 cm³/mol. The normalized spacial score (nSPS) is 29.3. The molecule has 0 N–H and O–H groups in total. The number of nitrogens with zero attached hydrogens (tertiary/aromatic N) is 3. The molecule has 2 amide bonds. The predicted octanol–water partition coefficient (Wildman–Crippen LogP) is 4.95. The molecule has 174 valence electrons. The van der Waals surface area contributed by atoms with Gasteiger partial charge in [-0.05, 0) is 62.8 Å². The van der Waals surface area contributed by atoms with E-state index in [0.717, 1.165) is 28.6 Å². The third-order valence-corrected chi connectivity index (χ3v) is 7.93. The van der Waals surface area contributed by atoms with E-state index in [1.807, 2.05) is 74.5 Å². The highest BCUT2D eigenvalue weighted by molar-refractivity contribution is 6.24. The third kappa shape index (κ3) is 3.08. The van der Waals surface area contributed by atoms with Crippen molar-refractivity contribution in [2.75, 3.05) is 4.90 Å². The van der Waals surface area contributed by atoms with Gasteiger partial charge in [-0.25, -0.2) is 4.90 Å². The summed E-state index contributed by atoms with van der Waals surface area (Å²) in [6.07, 6.45) is 5.92. The summed E-state index contributed by atoms with van der Waals surface area (Å²) >= 11 is 0. The number of ether oxygens (including phenoxy) is 1. The van der Waals surface area contributed by atoms with Gasteiger partial charge in [0.1, 0.15) is 6.07 Å². The van der Waals surface area contributed by atoms with Crippen molar-refractivity contribution in [3.05, 3.63) is 77.6 Å². The number of anilines is 1. The van der Waals surface area contributed by atoms with E-state index in [2.05, 4.69) is 11.1 Å². The number of carbonyl (C=O) groups excluding carboxylic acids is 2. The van der Waals surface area contributed by atoms with Crippen LogP contribution in [0.15, 0.2) is 60.7 Å². The highest BCUT2D eigenvalue weighted by Crippen LogP contribution is 2.62. The van der Waals surface area contributed by atoms with Gasteiger partial charge in [-0.3, -0.25) is 14.6 Å². The molecule has 0 saturated carbocycles. The Bertz CT molecular complexity index is 1470. The number of rotatable bonds is 4. The van der Waals surface area contributed by atoms with E-state index in [-0.39, 0.29) is 11.8 Å². The maximum absolute atomic E-state index is 13.9. The van der Waals surface area contributed by atoms with Crippen LogP contribution in [-0.4, -0.2) is 28.0 Å². The van der Waals surface area contributed by atoms with Crippen LogP contribution in [0.4, 0.5) is 5.69 Å². The second-order valence-electron chi connectivity index (χ2n) is 10.0. The van der Waals surface area contributed by atoms with Gasteiger partial charge in [-0.1, -0.05) is 42.5 Å². The fourth-order valence-electron chi connectivity index (χ4n) is 6.39. The molecule has 0 aliphatic carbocycles. The number of imide groups is 1. The van der Waals surface area contributed by atoms with Gasteiger partial charge in [-0.15, -0.1) is 0 Å². The zero-order valence-electron chi connectivity index (χ0n) is 19.7. The summed E-state index contributed by atoms with van der Waals surface area (Å²) in [6.45, 7) is 3.90. The lowest BCUT2D eigenvalue weighted by Gasteiger charge is -2.30. The van der Waals surface area contributed by atoms with Crippen molar-refractivity contribution in [2.45, 2.75) is 44.3 Å². The van der Waals surface area contributed by atoms with Gasteiger partial charge in [0.2, 0.25) is 11.8 Å². The van der Waals surface area contributed by atoms with Crippen molar-refractivity contribution in [2.24, 2.45) is 11.8 Å². The summed E-state index contributed by atoms with van der Waals surface area (Å²) in [4.78, 5) is 33.4. The lowest BCUT2D eigenvalue weighted by Crippen LogP contribution is -2.41. The Labute approximate surface area is 203 Å². The maximum atomic E-state index is 13.9. The first-order chi connectivity index (χ1) is 16.9. The molecule has 3 aliphatic heterocycles. The van der Waals surface area contributed by atoms with Crippen molar-refractivity contribution in [1.29, 1.82) is 5.26 Å². The molecule has 0 spiro atoms. The zero-order valence-corrected chi connectivity index (χ0v) is 19.7. The summed E-state index contributed by atoms with van der Waals surface area (Å²) in [5.41, 5.74) is 1.08. The Morgan fingerprint density at radius 2 is 1.89 bits per heavy atom. The highest BCUT2D eigenvalue weighted by Gasteiger charge is 2.73. The number of aromatic nitrogens is 1. The van der Waals surface area contributed by atoms with E-state index >= 15 is 0 Å². The number of amides is 2. The number of pyridine rings is 1. The lowest BCUT2D eigenvalue weighted by molar-refractivity contribution is -0.130.